The fourth-order valence-corrected chi connectivity index (χ4v) is 3.14. The smallest absolute Gasteiger partial charge is 0.256 e. The van der Waals surface area contributed by atoms with Gasteiger partial charge in [-0.25, -0.2) is 4.39 Å². The number of hydrogen-bond donors (Lipinski definition) is 1. The highest BCUT2D eigenvalue weighted by molar-refractivity contribution is 9.10. The first-order valence-electron chi connectivity index (χ1n) is 6.10. The lowest BCUT2D eigenvalue weighted by Gasteiger charge is -2.29. The van der Waals surface area contributed by atoms with E-state index >= 15 is 0 Å². The Hall–Kier alpha value is -1.76. The quantitative estimate of drug-likeness (QED) is 0.785. The summed E-state index contributed by atoms with van der Waals surface area (Å²) in [6, 6.07) is 2.03. The van der Waals surface area contributed by atoms with Crippen molar-refractivity contribution >= 4 is 33.7 Å². The van der Waals surface area contributed by atoms with Crippen molar-refractivity contribution in [2.75, 3.05) is 0 Å². The van der Waals surface area contributed by atoms with Gasteiger partial charge in [-0.1, -0.05) is 0 Å². The lowest BCUT2D eigenvalue weighted by atomic mass is 10.0. The molecule has 2 aliphatic rings. The van der Waals surface area contributed by atoms with Crippen LogP contribution in [0.3, 0.4) is 0 Å². The summed E-state index contributed by atoms with van der Waals surface area (Å²) in [6.07, 6.45) is 0.448. The van der Waals surface area contributed by atoms with Crippen molar-refractivity contribution in [1.29, 1.82) is 0 Å². The number of carbonyl (C=O) groups is 3. The Morgan fingerprint density at radius 1 is 1.30 bits per heavy atom. The van der Waals surface area contributed by atoms with Crippen LogP contribution in [-0.2, 0) is 16.1 Å². The number of amides is 3. The van der Waals surface area contributed by atoms with Gasteiger partial charge >= 0.3 is 0 Å². The molecule has 7 heteroatoms. The molecule has 2 heterocycles. The molecular formula is C13H10BrFN2O3. The average molecular weight is 341 g/mol. The van der Waals surface area contributed by atoms with Gasteiger partial charge < -0.3 is 4.90 Å². The monoisotopic (exact) mass is 340 g/mol. The Kier molecular flexibility index (Phi) is 3.08. The lowest BCUT2D eigenvalue weighted by Crippen LogP contribution is -2.52. The molecule has 2 aliphatic heterocycles. The molecule has 1 aromatic carbocycles. The molecule has 0 radical (unpaired) electrons. The van der Waals surface area contributed by atoms with Crippen molar-refractivity contribution in [3.63, 3.8) is 0 Å². The van der Waals surface area contributed by atoms with Crippen LogP contribution >= 0.6 is 15.9 Å². The molecule has 3 amide bonds. The third-order valence-electron chi connectivity index (χ3n) is 3.59. The van der Waals surface area contributed by atoms with Crippen LogP contribution in [0.15, 0.2) is 16.6 Å². The molecule has 1 N–H and O–H groups in total. The average Bonchev–Trinajstić information content (AvgIpc) is 2.73. The number of halogens is 2. The highest BCUT2D eigenvalue weighted by Gasteiger charge is 2.40. The van der Waals surface area contributed by atoms with Crippen LogP contribution in [0.25, 0.3) is 0 Å². The number of hydrogen-bond acceptors (Lipinski definition) is 3. The number of fused-ring (bicyclic) bond motifs is 1. The molecule has 0 aromatic heterocycles. The van der Waals surface area contributed by atoms with E-state index in [0.717, 1.165) is 0 Å². The predicted octanol–water partition coefficient (Wildman–Crippen LogP) is 1.35. The Labute approximate surface area is 122 Å². The highest BCUT2D eigenvalue weighted by Crippen LogP contribution is 2.33. The molecule has 0 spiro atoms. The Bertz CT molecular complexity index is 647. The van der Waals surface area contributed by atoms with Gasteiger partial charge in [0.15, 0.2) is 0 Å². The normalized spacial score (nSPS) is 22.0. The van der Waals surface area contributed by atoms with E-state index in [1.807, 2.05) is 0 Å². The Morgan fingerprint density at radius 3 is 2.70 bits per heavy atom. The molecule has 0 aliphatic carbocycles. The van der Waals surface area contributed by atoms with Crippen molar-refractivity contribution < 1.29 is 18.8 Å². The molecular weight excluding hydrogens is 331 g/mol. The number of piperidine rings is 1. The summed E-state index contributed by atoms with van der Waals surface area (Å²) in [4.78, 5) is 36.6. The largest absolute Gasteiger partial charge is 0.322 e. The molecule has 1 fully saturated rings. The predicted molar refractivity (Wildman–Crippen MR) is 70.1 cm³/mol. The van der Waals surface area contributed by atoms with E-state index in [-0.39, 0.29) is 42.3 Å². The van der Waals surface area contributed by atoms with Crippen LogP contribution < -0.4 is 5.32 Å². The number of rotatable bonds is 1. The summed E-state index contributed by atoms with van der Waals surface area (Å²) in [7, 11) is 0. The lowest BCUT2D eigenvalue weighted by molar-refractivity contribution is -0.136. The SMILES string of the molecule is O=C1CCC(N2Cc3c(F)ccc(Br)c3C2=O)C(=O)N1. The van der Waals surface area contributed by atoms with E-state index in [1.54, 1.807) is 0 Å². The summed E-state index contributed by atoms with van der Waals surface area (Å²) in [5.74, 6) is -1.70. The first kappa shape index (κ1) is 13.2. The van der Waals surface area contributed by atoms with E-state index in [1.165, 1.54) is 17.0 Å². The standard InChI is InChI=1S/C13H10BrFN2O3/c14-7-1-2-8(15)6-5-17(13(20)11(6)7)9-3-4-10(18)16-12(9)19/h1-2,9H,3-5H2,(H,16,18,19). The summed E-state index contributed by atoms with van der Waals surface area (Å²) >= 11 is 3.23. The highest BCUT2D eigenvalue weighted by atomic mass is 79.9. The third-order valence-corrected chi connectivity index (χ3v) is 4.26. The number of nitrogens with one attached hydrogen (secondary N) is 1. The molecule has 0 bridgehead atoms. The third kappa shape index (κ3) is 1.93. The fourth-order valence-electron chi connectivity index (χ4n) is 2.60. The minimum absolute atomic E-state index is 0.0473. The number of carbonyl (C=O) groups excluding carboxylic acids is 3. The maximum Gasteiger partial charge on any atom is 0.256 e. The van der Waals surface area contributed by atoms with Crippen LogP contribution in [0.2, 0.25) is 0 Å². The van der Waals surface area contributed by atoms with Gasteiger partial charge in [0, 0.05) is 16.5 Å². The van der Waals surface area contributed by atoms with Crippen LogP contribution in [0.5, 0.6) is 0 Å². The van der Waals surface area contributed by atoms with Crippen molar-refractivity contribution in [3.8, 4) is 0 Å². The Balaban J connectivity index is 1.94. The molecule has 1 unspecified atom stereocenters. The topological polar surface area (TPSA) is 66.5 Å². The van der Waals surface area contributed by atoms with Crippen LogP contribution in [0, 0.1) is 5.82 Å². The van der Waals surface area contributed by atoms with Gasteiger partial charge in [0.1, 0.15) is 11.9 Å². The zero-order chi connectivity index (χ0) is 14.4. The molecule has 1 saturated heterocycles. The molecule has 0 saturated carbocycles. The van der Waals surface area contributed by atoms with Crippen molar-refractivity contribution in [1.82, 2.24) is 10.2 Å². The van der Waals surface area contributed by atoms with Crippen LogP contribution in [0.4, 0.5) is 4.39 Å². The van der Waals surface area contributed by atoms with Gasteiger partial charge in [0.2, 0.25) is 11.8 Å². The minimum Gasteiger partial charge on any atom is -0.322 e. The molecule has 1 aromatic rings. The molecule has 3 rings (SSSR count). The first-order valence-corrected chi connectivity index (χ1v) is 6.90. The summed E-state index contributed by atoms with van der Waals surface area (Å²) in [5.41, 5.74) is 0.545. The second-order valence-electron chi connectivity index (χ2n) is 4.78. The van der Waals surface area contributed by atoms with E-state index in [4.69, 9.17) is 0 Å². The van der Waals surface area contributed by atoms with Crippen LogP contribution in [0.1, 0.15) is 28.8 Å². The summed E-state index contributed by atoms with van der Waals surface area (Å²) < 4.78 is 14.3. The van der Waals surface area contributed by atoms with E-state index in [0.29, 0.717) is 4.47 Å². The van der Waals surface area contributed by atoms with E-state index < -0.39 is 17.8 Å². The molecule has 20 heavy (non-hydrogen) atoms. The fraction of sp³-hybridized carbons (Fsp3) is 0.308. The second-order valence-corrected chi connectivity index (χ2v) is 5.64. The zero-order valence-corrected chi connectivity index (χ0v) is 11.9. The number of benzene rings is 1. The molecule has 104 valence electrons. The van der Waals surface area contributed by atoms with Gasteiger partial charge in [-0.3, -0.25) is 19.7 Å². The number of imide groups is 1. The van der Waals surface area contributed by atoms with Gasteiger partial charge in [-0.15, -0.1) is 0 Å². The maximum atomic E-state index is 13.8. The van der Waals surface area contributed by atoms with E-state index in [2.05, 4.69) is 21.2 Å². The van der Waals surface area contributed by atoms with Crippen molar-refractivity contribution in [2.45, 2.75) is 25.4 Å². The van der Waals surface area contributed by atoms with Gasteiger partial charge in [-0.2, -0.15) is 0 Å². The maximum absolute atomic E-state index is 13.8. The number of nitrogens with zero attached hydrogens (tertiary/aromatic N) is 1. The molecule has 1 atom stereocenters. The molecule has 5 nitrogen and oxygen atoms in total. The summed E-state index contributed by atoms with van der Waals surface area (Å²) in [6.45, 7) is 0.0473. The van der Waals surface area contributed by atoms with Gasteiger partial charge in [0.05, 0.1) is 12.1 Å². The van der Waals surface area contributed by atoms with Crippen molar-refractivity contribution in [2.24, 2.45) is 0 Å². The van der Waals surface area contributed by atoms with Gasteiger partial charge in [0.25, 0.3) is 5.91 Å². The zero-order valence-electron chi connectivity index (χ0n) is 10.3. The summed E-state index contributed by atoms with van der Waals surface area (Å²) in [5, 5.41) is 2.21. The second kappa shape index (κ2) is 4.66. The van der Waals surface area contributed by atoms with Crippen molar-refractivity contribution in [3.05, 3.63) is 33.5 Å². The Morgan fingerprint density at radius 2 is 2.05 bits per heavy atom. The first-order chi connectivity index (χ1) is 9.49. The van der Waals surface area contributed by atoms with Gasteiger partial charge in [-0.05, 0) is 34.5 Å². The van der Waals surface area contributed by atoms with E-state index in [9.17, 15) is 18.8 Å². The minimum atomic E-state index is -0.723. The van der Waals surface area contributed by atoms with Crippen LogP contribution in [-0.4, -0.2) is 28.7 Å².